The van der Waals surface area contributed by atoms with Gasteiger partial charge in [0.1, 0.15) is 23.1 Å². The average molecular weight is 330 g/mol. The van der Waals surface area contributed by atoms with Gasteiger partial charge in [-0.25, -0.2) is 8.78 Å². The van der Waals surface area contributed by atoms with Gasteiger partial charge in [-0.2, -0.15) is 8.78 Å². The van der Waals surface area contributed by atoms with Gasteiger partial charge < -0.3 is 9.84 Å². The lowest BCUT2D eigenvalue weighted by atomic mass is 9.96. The van der Waals surface area contributed by atoms with E-state index in [0.717, 1.165) is 19.1 Å². The summed E-state index contributed by atoms with van der Waals surface area (Å²) in [4.78, 5) is 0.229. The predicted octanol–water partition coefficient (Wildman–Crippen LogP) is 4.66. The van der Waals surface area contributed by atoms with Crippen molar-refractivity contribution in [1.82, 2.24) is 0 Å². The number of benzene rings is 2. The van der Waals surface area contributed by atoms with E-state index in [0.29, 0.717) is 6.07 Å². The molecule has 2 aromatic carbocycles. The van der Waals surface area contributed by atoms with Gasteiger partial charge in [-0.05, 0) is 36.9 Å². The van der Waals surface area contributed by atoms with Gasteiger partial charge in [0, 0.05) is 28.7 Å². The molecule has 1 aliphatic heterocycles. The zero-order valence-electron chi connectivity index (χ0n) is 11.2. The molecule has 1 N–H and O–H groups in total. The van der Waals surface area contributed by atoms with E-state index < -0.39 is 22.5 Å². The van der Waals surface area contributed by atoms with Gasteiger partial charge in [-0.3, -0.25) is 0 Å². The van der Waals surface area contributed by atoms with Crippen LogP contribution < -0.4 is 4.74 Å². The largest absolute Gasteiger partial charge is 0.457 e. The average Bonchev–Trinajstić information content (AvgIpc) is 2.55. The zero-order chi connectivity index (χ0) is 16.1. The molecule has 22 heavy (non-hydrogen) atoms. The van der Waals surface area contributed by atoms with Gasteiger partial charge >= 0.3 is 5.25 Å². The molecular formula is C15H10F4O2S. The molecule has 3 rings (SSSR count). The Kier molecular flexibility index (Phi) is 3.37. The summed E-state index contributed by atoms with van der Waals surface area (Å²) in [5.41, 5.74) is -2.34. The molecule has 1 aliphatic rings. The van der Waals surface area contributed by atoms with Crippen molar-refractivity contribution in [3.05, 3.63) is 53.6 Å². The summed E-state index contributed by atoms with van der Waals surface area (Å²) in [6, 6.07) is 6.64. The van der Waals surface area contributed by atoms with Crippen LogP contribution in [0.15, 0.2) is 41.3 Å². The van der Waals surface area contributed by atoms with Crippen molar-refractivity contribution in [1.29, 1.82) is 0 Å². The summed E-state index contributed by atoms with van der Waals surface area (Å²) in [6.07, 6.45) is 0. The van der Waals surface area contributed by atoms with Crippen molar-refractivity contribution in [2.24, 2.45) is 0 Å². The van der Waals surface area contributed by atoms with Crippen molar-refractivity contribution in [2.45, 2.75) is 22.7 Å². The third-order valence-electron chi connectivity index (χ3n) is 3.35. The molecule has 7 heteroatoms. The molecule has 0 radical (unpaired) electrons. The molecule has 0 amide bonds. The molecule has 0 aliphatic carbocycles. The molecule has 2 aromatic rings. The third kappa shape index (κ3) is 2.44. The van der Waals surface area contributed by atoms with Crippen molar-refractivity contribution in [2.75, 3.05) is 0 Å². The van der Waals surface area contributed by atoms with Crippen LogP contribution in [-0.4, -0.2) is 10.4 Å². The highest BCUT2D eigenvalue weighted by atomic mass is 32.2. The summed E-state index contributed by atoms with van der Waals surface area (Å²) in [7, 11) is 0. The van der Waals surface area contributed by atoms with E-state index >= 15 is 0 Å². The minimum atomic E-state index is -3.36. The number of halogens is 4. The van der Waals surface area contributed by atoms with Gasteiger partial charge in [0.25, 0.3) is 0 Å². The third-order valence-corrected chi connectivity index (χ3v) is 4.58. The molecular weight excluding hydrogens is 320 g/mol. The SMILES string of the molecule is CC1(O)c2cc(Oc3cc(F)cc(F)c3)ccc2SC1(F)F. The fraction of sp³-hybridized carbons (Fsp3) is 0.200. The van der Waals surface area contributed by atoms with Gasteiger partial charge in [0.15, 0.2) is 5.60 Å². The second kappa shape index (κ2) is 4.89. The molecule has 0 bridgehead atoms. The van der Waals surface area contributed by atoms with E-state index in [-0.39, 0.29) is 33.7 Å². The first kappa shape index (κ1) is 15.2. The van der Waals surface area contributed by atoms with Crippen LogP contribution in [-0.2, 0) is 5.60 Å². The maximum Gasteiger partial charge on any atom is 0.330 e. The molecule has 2 nitrogen and oxygen atoms in total. The van der Waals surface area contributed by atoms with Crippen LogP contribution in [0.5, 0.6) is 11.5 Å². The van der Waals surface area contributed by atoms with E-state index in [2.05, 4.69) is 0 Å². The number of alkyl halides is 2. The van der Waals surface area contributed by atoms with Crippen LogP contribution in [0.4, 0.5) is 17.6 Å². The molecule has 0 saturated heterocycles. The van der Waals surface area contributed by atoms with Crippen molar-refractivity contribution in [3.8, 4) is 11.5 Å². The number of hydrogen-bond acceptors (Lipinski definition) is 3. The standard InChI is InChI=1S/C15H10F4O2S/c1-14(20)12-7-10(2-3-13(12)22-15(14,18)19)21-11-5-8(16)4-9(17)6-11/h2-7,20H,1H3. The van der Waals surface area contributed by atoms with E-state index in [1.165, 1.54) is 18.2 Å². The van der Waals surface area contributed by atoms with Gasteiger partial charge in [-0.15, -0.1) is 0 Å². The lowest BCUT2D eigenvalue weighted by Crippen LogP contribution is -2.35. The molecule has 0 aromatic heterocycles. The quantitative estimate of drug-likeness (QED) is 0.812. The Hall–Kier alpha value is -1.73. The minimum Gasteiger partial charge on any atom is -0.457 e. The normalized spacial score (nSPS) is 22.5. The Labute approximate surface area is 127 Å². The molecule has 0 saturated carbocycles. The molecule has 1 heterocycles. The monoisotopic (exact) mass is 330 g/mol. The van der Waals surface area contributed by atoms with E-state index in [9.17, 15) is 22.7 Å². The van der Waals surface area contributed by atoms with Gasteiger partial charge in [-0.1, -0.05) is 0 Å². The number of ether oxygens (including phenoxy) is 1. The Morgan fingerprint density at radius 2 is 1.64 bits per heavy atom. The highest BCUT2D eigenvalue weighted by molar-refractivity contribution is 8.00. The molecule has 116 valence electrons. The van der Waals surface area contributed by atoms with Gasteiger partial charge in [0.2, 0.25) is 0 Å². The lowest BCUT2D eigenvalue weighted by molar-refractivity contribution is -0.110. The Balaban J connectivity index is 1.96. The number of aliphatic hydroxyl groups is 1. The van der Waals surface area contributed by atoms with Crippen molar-refractivity contribution < 1.29 is 27.4 Å². The Morgan fingerprint density at radius 3 is 2.27 bits per heavy atom. The van der Waals surface area contributed by atoms with E-state index in [1.807, 2.05) is 0 Å². The van der Waals surface area contributed by atoms with Crippen LogP contribution in [0, 0.1) is 11.6 Å². The maximum atomic E-state index is 13.8. The van der Waals surface area contributed by atoms with E-state index in [1.54, 1.807) is 0 Å². The van der Waals surface area contributed by atoms with Gasteiger partial charge in [0.05, 0.1) is 0 Å². The smallest absolute Gasteiger partial charge is 0.330 e. The second-order valence-electron chi connectivity index (χ2n) is 5.06. The van der Waals surface area contributed by atoms with Crippen LogP contribution in [0.3, 0.4) is 0 Å². The summed E-state index contributed by atoms with van der Waals surface area (Å²) in [5, 5.41) is 6.64. The fourth-order valence-corrected chi connectivity index (χ4v) is 3.25. The summed E-state index contributed by atoms with van der Waals surface area (Å²) >= 11 is 0.261. The summed E-state index contributed by atoms with van der Waals surface area (Å²) < 4.78 is 59.0. The fourth-order valence-electron chi connectivity index (χ4n) is 2.16. The first-order valence-corrected chi connectivity index (χ1v) is 7.08. The second-order valence-corrected chi connectivity index (χ2v) is 6.21. The van der Waals surface area contributed by atoms with Crippen molar-refractivity contribution in [3.63, 3.8) is 0 Å². The topological polar surface area (TPSA) is 29.5 Å². The number of rotatable bonds is 2. The van der Waals surface area contributed by atoms with Crippen LogP contribution in [0.1, 0.15) is 12.5 Å². The first-order valence-electron chi connectivity index (χ1n) is 6.27. The van der Waals surface area contributed by atoms with Crippen molar-refractivity contribution >= 4 is 11.8 Å². The minimum absolute atomic E-state index is 0.0110. The molecule has 1 atom stereocenters. The molecule has 1 unspecified atom stereocenters. The van der Waals surface area contributed by atoms with E-state index in [4.69, 9.17) is 4.74 Å². The lowest BCUT2D eigenvalue weighted by Gasteiger charge is -2.24. The highest BCUT2D eigenvalue weighted by Crippen LogP contribution is 2.57. The Bertz CT molecular complexity index is 726. The predicted molar refractivity (Wildman–Crippen MR) is 73.2 cm³/mol. The highest BCUT2D eigenvalue weighted by Gasteiger charge is 2.57. The van der Waals surface area contributed by atoms with Crippen LogP contribution in [0.2, 0.25) is 0 Å². The van der Waals surface area contributed by atoms with Crippen LogP contribution >= 0.6 is 11.8 Å². The maximum absolute atomic E-state index is 13.8. The first-order chi connectivity index (χ1) is 10.2. The summed E-state index contributed by atoms with van der Waals surface area (Å²) in [6.45, 7) is 1.01. The number of fused-ring (bicyclic) bond motifs is 1. The van der Waals surface area contributed by atoms with Crippen LogP contribution in [0.25, 0.3) is 0 Å². The number of thioether (sulfide) groups is 1. The molecule has 0 fully saturated rings. The zero-order valence-corrected chi connectivity index (χ0v) is 12.1. The molecule has 0 spiro atoms. The number of hydrogen-bond donors (Lipinski definition) is 1. The summed E-state index contributed by atoms with van der Waals surface area (Å²) in [5.74, 6) is -1.63. The Morgan fingerprint density at radius 1 is 1.00 bits per heavy atom.